The van der Waals surface area contributed by atoms with Crippen LogP contribution >= 0.6 is 0 Å². The number of amides is 1. The van der Waals surface area contributed by atoms with Crippen molar-refractivity contribution in [3.63, 3.8) is 0 Å². The van der Waals surface area contributed by atoms with Crippen molar-refractivity contribution >= 4 is 11.6 Å². The van der Waals surface area contributed by atoms with Gasteiger partial charge in [0.1, 0.15) is 0 Å². The molecule has 1 aromatic carbocycles. The van der Waals surface area contributed by atoms with E-state index in [4.69, 9.17) is 4.52 Å². The van der Waals surface area contributed by atoms with E-state index in [0.717, 1.165) is 17.8 Å². The lowest BCUT2D eigenvalue weighted by atomic mass is 10.1. The molecule has 1 aromatic heterocycles. The van der Waals surface area contributed by atoms with E-state index in [1.54, 1.807) is 13.0 Å². The van der Waals surface area contributed by atoms with Gasteiger partial charge in [-0.05, 0) is 44.5 Å². The quantitative estimate of drug-likeness (QED) is 0.872. The zero-order valence-electron chi connectivity index (χ0n) is 11.9. The van der Waals surface area contributed by atoms with Gasteiger partial charge in [0.25, 0.3) is 5.91 Å². The van der Waals surface area contributed by atoms with Crippen molar-refractivity contribution in [1.82, 2.24) is 15.5 Å². The Bertz CT molecular complexity index is 607. The van der Waals surface area contributed by atoms with Crippen LogP contribution in [0.25, 0.3) is 0 Å². The molecule has 6 heteroatoms. The largest absolute Gasteiger partial charge is 0.385 e. The molecule has 0 unspecified atom stereocenters. The Morgan fingerprint density at radius 2 is 2.15 bits per heavy atom. The van der Waals surface area contributed by atoms with Crippen LogP contribution in [0.5, 0.6) is 0 Å². The van der Waals surface area contributed by atoms with Crippen LogP contribution in [0.4, 0.5) is 5.69 Å². The summed E-state index contributed by atoms with van der Waals surface area (Å²) in [6, 6.07) is 5.55. The minimum absolute atomic E-state index is 0.160. The third-order valence-corrected chi connectivity index (χ3v) is 2.83. The molecular weight excluding hydrogens is 256 g/mol. The van der Waals surface area contributed by atoms with E-state index < -0.39 is 0 Å². The number of rotatable bonds is 5. The predicted octanol–water partition coefficient (Wildman–Crippen LogP) is 2.05. The highest BCUT2D eigenvalue weighted by Crippen LogP contribution is 2.16. The van der Waals surface area contributed by atoms with Crippen LogP contribution in [0.1, 0.15) is 34.6 Å². The summed E-state index contributed by atoms with van der Waals surface area (Å²) in [6.07, 6.45) is 0. The Labute approximate surface area is 117 Å². The summed E-state index contributed by atoms with van der Waals surface area (Å²) >= 11 is 0. The van der Waals surface area contributed by atoms with Crippen molar-refractivity contribution in [2.45, 2.75) is 27.3 Å². The molecule has 0 saturated carbocycles. The van der Waals surface area contributed by atoms with Crippen molar-refractivity contribution in [2.75, 3.05) is 11.9 Å². The topological polar surface area (TPSA) is 80.0 Å². The average molecular weight is 274 g/mol. The number of hydrogen-bond acceptors (Lipinski definition) is 5. The van der Waals surface area contributed by atoms with E-state index in [1.807, 2.05) is 26.0 Å². The van der Waals surface area contributed by atoms with Crippen LogP contribution in [0, 0.1) is 13.8 Å². The summed E-state index contributed by atoms with van der Waals surface area (Å²) in [6.45, 7) is 6.82. The molecule has 0 radical (unpaired) electrons. The fourth-order valence-corrected chi connectivity index (χ4v) is 1.86. The Balaban J connectivity index is 2.00. The first-order chi connectivity index (χ1) is 9.60. The molecule has 0 spiro atoms. The van der Waals surface area contributed by atoms with E-state index in [2.05, 4.69) is 20.8 Å². The number of hydrogen-bond donors (Lipinski definition) is 2. The van der Waals surface area contributed by atoms with Gasteiger partial charge < -0.3 is 15.2 Å². The Morgan fingerprint density at radius 3 is 2.75 bits per heavy atom. The Morgan fingerprint density at radius 1 is 1.35 bits per heavy atom. The third-order valence-electron chi connectivity index (χ3n) is 2.83. The molecule has 0 aliphatic rings. The first kappa shape index (κ1) is 14.0. The zero-order valence-corrected chi connectivity index (χ0v) is 11.9. The zero-order chi connectivity index (χ0) is 14.5. The maximum atomic E-state index is 12.0. The van der Waals surface area contributed by atoms with Gasteiger partial charge in [-0.15, -0.1) is 0 Å². The van der Waals surface area contributed by atoms with Gasteiger partial charge in [-0.1, -0.05) is 5.16 Å². The van der Waals surface area contributed by atoms with Gasteiger partial charge in [-0.2, -0.15) is 4.98 Å². The highest BCUT2D eigenvalue weighted by molar-refractivity contribution is 5.94. The highest BCUT2D eigenvalue weighted by Gasteiger charge is 2.09. The number of carbonyl (C=O) groups excluding carboxylic acids is 1. The molecule has 2 N–H and O–H groups in total. The molecule has 0 atom stereocenters. The van der Waals surface area contributed by atoms with Gasteiger partial charge >= 0.3 is 0 Å². The number of anilines is 1. The molecule has 20 heavy (non-hydrogen) atoms. The van der Waals surface area contributed by atoms with Crippen molar-refractivity contribution in [3.05, 3.63) is 41.0 Å². The molecule has 2 rings (SSSR count). The van der Waals surface area contributed by atoms with Crippen molar-refractivity contribution in [3.8, 4) is 0 Å². The van der Waals surface area contributed by atoms with Gasteiger partial charge in [0.15, 0.2) is 5.82 Å². The summed E-state index contributed by atoms with van der Waals surface area (Å²) in [5, 5.41) is 9.66. The van der Waals surface area contributed by atoms with Crippen molar-refractivity contribution < 1.29 is 9.32 Å². The smallest absolute Gasteiger partial charge is 0.251 e. The molecule has 1 amide bonds. The van der Waals surface area contributed by atoms with Gasteiger partial charge in [0, 0.05) is 17.8 Å². The molecule has 0 bridgehead atoms. The molecular formula is C14H18N4O2. The van der Waals surface area contributed by atoms with E-state index >= 15 is 0 Å². The van der Waals surface area contributed by atoms with Gasteiger partial charge in [-0.25, -0.2) is 0 Å². The monoisotopic (exact) mass is 274 g/mol. The number of nitrogens with zero attached hydrogens (tertiary/aromatic N) is 2. The summed E-state index contributed by atoms with van der Waals surface area (Å²) in [7, 11) is 0. The van der Waals surface area contributed by atoms with Gasteiger partial charge in [-0.3, -0.25) is 4.79 Å². The van der Waals surface area contributed by atoms with Crippen LogP contribution in [0.3, 0.4) is 0 Å². The molecule has 0 fully saturated rings. The lowest BCUT2D eigenvalue weighted by Crippen LogP contribution is -2.23. The minimum atomic E-state index is -0.160. The van der Waals surface area contributed by atoms with E-state index in [-0.39, 0.29) is 12.5 Å². The fraction of sp³-hybridized carbons (Fsp3) is 0.357. The second-order valence-corrected chi connectivity index (χ2v) is 4.48. The first-order valence-corrected chi connectivity index (χ1v) is 6.52. The third kappa shape index (κ3) is 3.34. The van der Waals surface area contributed by atoms with Gasteiger partial charge in [0.2, 0.25) is 5.89 Å². The highest BCUT2D eigenvalue weighted by atomic mass is 16.5. The van der Waals surface area contributed by atoms with E-state index in [1.165, 1.54) is 0 Å². The summed E-state index contributed by atoms with van der Waals surface area (Å²) in [5.74, 6) is 0.795. The maximum Gasteiger partial charge on any atom is 0.251 e. The summed E-state index contributed by atoms with van der Waals surface area (Å²) in [5.41, 5.74) is 2.69. The van der Waals surface area contributed by atoms with Crippen LogP contribution in [0.2, 0.25) is 0 Å². The minimum Gasteiger partial charge on any atom is -0.385 e. The molecule has 2 aromatic rings. The van der Waals surface area contributed by atoms with E-state index in [0.29, 0.717) is 17.3 Å². The lowest BCUT2D eigenvalue weighted by molar-refractivity contribution is 0.0946. The van der Waals surface area contributed by atoms with Crippen molar-refractivity contribution in [2.24, 2.45) is 0 Å². The molecule has 0 saturated heterocycles. The van der Waals surface area contributed by atoms with Crippen molar-refractivity contribution in [1.29, 1.82) is 0 Å². The molecule has 0 aliphatic heterocycles. The molecule has 106 valence electrons. The first-order valence-electron chi connectivity index (χ1n) is 6.52. The average Bonchev–Trinajstić information content (AvgIpc) is 2.84. The number of carbonyl (C=O) groups is 1. The van der Waals surface area contributed by atoms with Crippen LogP contribution in [-0.2, 0) is 6.54 Å². The molecule has 6 nitrogen and oxygen atoms in total. The predicted molar refractivity (Wildman–Crippen MR) is 75.5 cm³/mol. The normalized spacial score (nSPS) is 10.3. The Kier molecular flexibility index (Phi) is 4.34. The second-order valence-electron chi connectivity index (χ2n) is 4.48. The number of nitrogens with one attached hydrogen (secondary N) is 2. The fourth-order valence-electron chi connectivity index (χ4n) is 1.86. The SMILES string of the molecule is CCNc1ccc(C(=O)NCc2nc(C)no2)cc1C. The Hall–Kier alpha value is -2.37. The standard InChI is InChI=1S/C14H18N4O2/c1-4-15-12-6-5-11(7-9(12)2)14(19)16-8-13-17-10(3)18-20-13/h5-7,15H,4,8H2,1-3H3,(H,16,19). The van der Waals surface area contributed by atoms with E-state index in [9.17, 15) is 4.79 Å². The number of benzene rings is 1. The lowest BCUT2D eigenvalue weighted by Gasteiger charge is -2.09. The number of aryl methyl sites for hydroxylation is 2. The molecule has 0 aliphatic carbocycles. The summed E-state index contributed by atoms with van der Waals surface area (Å²) in [4.78, 5) is 16.1. The van der Waals surface area contributed by atoms with Crippen LogP contribution in [-0.4, -0.2) is 22.6 Å². The van der Waals surface area contributed by atoms with Crippen LogP contribution < -0.4 is 10.6 Å². The summed E-state index contributed by atoms with van der Waals surface area (Å²) < 4.78 is 4.94. The van der Waals surface area contributed by atoms with Gasteiger partial charge in [0.05, 0.1) is 6.54 Å². The molecule has 1 heterocycles. The maximum absolute atomic E-state index is 12.0. The second kappa shape index (κ2) is 6.18. The number of aromatic nitrogens is 2. The van der Waals surface area contributed by atoms with Crippen LogP contribution in [0.15, 0.2) is 22.7 Å².